The van der Waals surface area contributed by atoms with Crippen molar-refractivity contribution < 1.29 is 4.74 Å². The van der Waals surface area contributed by atoms with E-state index in [2.05, 4.69) is 36.2 Å². The van der Waals surface area contributed by atoms with Gasteiger partial charge in [0.2, 0.25) is 0 Å². The molecular formula is C13H17NO. The second-order valence-electron chi connectivity index (χ2n) is 4.25. The Kier molecular flexibility index (Phi) is 2.78. The van der Waals surface area contributed by atoms with Crippen LogP contribution in [0, 0.1) is 6.92 Å². The molecule has 2 nitrogen and oxygen atoms in total. The summed E-state index contributed by atoms with van der Waals surface area (Å²) in [5, 5.41) is 1.25. The van der Waals surface area contributed by atoms with Gasteiger partial charge in [0.25, 0.3) is 0 Å². The van der Waals surface area contributed by atoms with Gasteiger partial charge >= 0.3 is 0 Å². The van der Waals surface area contributed by atoms with Crippen molar-refractivity contribution >= 4 is 10.9 Å². The average molecular weight is 203 g/mol. The first kappa shape index (κ1) is 10.2. The molecule has 1 N–H and O–H groups in total. The fourth-order valence-corrected chi connectivity index (χ4v) is 1.64. The molecule has 0 fully saturated rings. The first-order chi connectivity index (χ1) is 7.15. The summed E-state index contributed by atoms with van der Waals surface area (Å²) in [4.78, 5) is 3.37. The summed E-state index contributed by atoms with van der Waals surface area (Å²) in [6, 6.07) is 8.58. The summed E-state index contributed by atoms with van der Waals surface area (Å²) in [5.41, 5.74) is 3.61. The Morgan fingerprint density at radius 2 is 2.07 bits per heavy atom. The van der Waals surface area contributed by atoms with E-state index in [1.165, 1.54) is 16.5 Å². The topological polar surface area (TPSA) is 25.0 Å². The molecule has 80 valence electrons. The number of aryl methyl sites for hydroxylation is 1. The molecule has 1 aromatic carbocycles. The van der Waals surface area contributed by atoms with Crippen LogP contribution in [0.25, 0.3) is 10.9 Å². The fraction of sp³-hybridized carbons (Fsp3) is 0.385. The lowest BCUT2D eigenvalue weighted by Gasteiger charge is -2.04. The summed E-state index contributed by atoms with van der Waals surface area (Å²) in [5.74, 6) is 0. The van der Waals surface area contributed by atoms with Crippen LogP contribution < -0.4 is 0 Å². The van der Waals surface area contributed by atoms with Crippen LogP contribution in [0.4, 0.5) is 0 Å². The Morgan fingerprint density at radius 1 is 1.27 bits per heavy atom. The van der Waals surface area contributed by atoms with Crippen molar-refractivity contribution in [3.8, 4) is 0 Å². The molecule has 0 aliphatic heterocycles. The molecule has 2 aromatic rings. The van der Waals surface area contributed by atoms with Gasteiger partial charge in [0.15, 0.2) is 0 Å². The van der Waals surface area contributed by atoms with E-state index in [1.54, 1.807) is 0 Å². The molecule has 1 aromatic heterocycles. The van der Waals surface area contributed by atoms with Crippen molar-refractivity contribution in [2.24, 2.45) is 0 Å². The first-order valence-corrected chi connectivity index (χ1v) is 5.35. The van der Waals surface area contributed by atoms with Gasteiger partial charge in [-0.2, -0.15) is 0 Å². The summed E-state index contributed by atoms with van der Waals surface area (Å²) < 4.78 is 5.56. The van der Waals surface area contributed by atoms with Crippen LogP contribution in [0.2, 0.25) is 0 Å². The second-order valence-corrected chi connectivity index (χ2v) is 4.25. The van der Waals surface area contributed by atoms with Crippen molar-refractivity contribution in [3.63, 3.8) is 0 Å². The molecule has 2 rings (SSSR count). The number of H-pyrrole nitrogens is 1. The van der Waals surface area contributed by atoms with Gasteiger partial charge in [-0.15, -0.1) is 0 Å². The maximum absolute atomic E-state index is 5.56. The van der Waals surface area contributed by atoms with Gasteiger partial charge in [0.05, 0.1) is 12.7 Å². The first-order valence-electron chi connectivity index (χ1n) is 5.35. The summed E-state index contributed by atoms with van der Waals surface area (Å²) in [7, 11) is 0. The van der Waals surface area contributed by atoms with Crippen LogP contribution in [0.5, 0.6) is 0 Å². The summed E-state index contributed by atoms with van der Waals surface area (Å²) >= 11 is 0. The standard InChI is InChI=1S/C13H17NO/c1-9(2)15-8-12-7-11-5-4-10(3)6-13(11)14-12/h4-7,9,14H,8H2,1-3H3. The SMILES string of the molecule is Cc1ccc2cc(COC(C)C)[nH]c2c1. The largest absolute Gasteiger partial charge is 0.373 e. The van der Waals surface area contributed by atoms with E-state index in [9.17, 15) is 0 Å². The Labute approximate surface area is 90.3 Å². The van der Waals surface area contributed by atoms with Gasteiger partial charge in [-0.1, -0.05) is 12.1 Å². The molecule has 0 radical (unpaired) electrons. The highest BCUT2D eigenvalue weighted by molar-refractivity contribution is 5.80. The minimum atomic E-state index is 0.276. The summed E-state index contributed by atoms with van der Waals surface area (Å²) in [6.45, 7) is 6.86. The molecule has 0 aliphatic carbocycles. The van der Waals surface area contributed by atoms with E-state index in [4.69, 9.17) is 4.74 Å². The number of hydrogen-bond acceptors (Lipinski definition) is 1. The van der Waals surface area contributed by atoms with Crippen molar-refractivity contribution in [1.29, 1.82) is 0 Å². The monoisotopic (exact) mass is 203 g/mol. The highest BCUT2D eigenvalue weighted by atomic mass is 16.5. The molecule has 0 spiro atoms. The summed E-state index contributed by atoms with van der Waals surface area (Å²) in [6.07, 6.45) is 0.276. The van der Waals surface area contributed by atoms with Crippen molar-refractivity contribution in [1.82, 2.24) is 4.98 Å². The van der Waals surface area contributed by atoms with Gasteiger partial charge in [-0.25, -0.2) is 0 Å². The third-order valence-corrected chi connectivity index (χ3v) is 2.41. The quantitative estimate of drug-likeness (QED) is 0.812. The van der Waals surface area contributed by atoms with Crippen LogP contribution in [0.3, 0.4) is 0 Å². The van der Waals surface area contributed by atoms with Gasteiger partial charge in [-0.05, 0) is 43.9 Å². The van der Waals surface area contributed by atoms with Gasteiger partial charge in [-0.3, -0.25) is 0 Å². The van der Waals surface area contributed by atoms with E-state index < -0.39 is 0 Å². The Bertz CT molecular complexity index is 457. The number of hydrogen-bond donors (Lipinski definition) is 1. The second kappa shape index (κ2) is 4.07. The van der Waals surface area contributed by atoms with E-state index >= 15 is 0 Å². The minimum Gasteiger partial charge on any atom is -0.373 e. The predicted molar refractivity (Wildman–Crippen MR) is 63.0 cm³/mol. The molecule has 0 atom stereocenters. The van der Waals surface area contributed by atoms with Crippen LogP contribution in [-0.2, 0) is 11.3 Å². The Balaban J connectivity index is 2.23. The molecule has 0 saturated heterocycles. The lowest BCUT2D eigenvalue weighted by atomic mass is 10.2. The van der Waals surface area contributed by atoms with Crippen molar-refractivity contribution in [3.05, 3.63) is 35.5 Å². The molecule has 0 saturated carbocycles. The molecule has 1 heterocycles. The Hall–Kier alpha value is -1.28. The Morgan fingerprint density at radius 3 is 2.80 bits per heavy atom. The average Bonchev–Trinajstić information content (AvgIpc) is 2.56. The third-order valence-electron chi connectivity index (χ3n) is 2.41. The van der Waals surface area contributed by atoms with Crippen LogP contribution in [-0.4, -0.2) is 11.1 Å². The lowest BCUT2D eigenvalue weighted by molar-refractivity contribution is 0.0639. The molecule has 0 aliphatic rings. The molecule has 2 heteroatoms. The van der Waals surface area contributed by atoms with Crippen LogP contribution in [0.1, 0.15) is 25.1 Å². The molecular weight excluding hydrogens is 186 g/mol. The van der Waals surface area contributed by atoms with E-state index in [1.807, 2.05) is 13.8 Å². The molecule has 15 heavy (non-hydrogen) atoms. The predicted octanol–water partition coefficient (Wildman–Crippen LogP) is 3.40. The maximum Gasteiger partial charge on any atom is 0.0869 e. The smallest absolute Gasteiger partial charge is 0.0869 e. The van der Waals surface area contributed by atoms with Gasteiger partial charge in [0.1, 0.15) is 0 Å². The zero-order valence-electron chi connectivity index (χ0n) is 9.50. The molecule has 0 unspecified atom stereocenters. The van der Waals surface area contributed by atoms with Gasteiger partial charge < -0.3 is 9.72 Å². The van der Waals surface area contributed by atoms with Crippen LogP contribution in [0.15, 0.2) is 24.3 Å². The number of ether oxygens (including phenoxy) is 1. The highest BCUT2D eigenvalue weighted by Gasteiger charge is 2.01. The van der Waals surface area contributed by atoms with Crippen LogP contribution >= 0.6 is 0 Å². The number of rotatable bonds is 3. The van der Waals surface area contributed by atoms with Gasteiger partial charge in [0, 0.05) is 11.2 Å². The number of aromatic amines is 1. The maximum atomic E-state index is 5.56. The molecule has 0 bridgehead atoms. The van der Waals surface area contributed by atoms with E-state index in [0.717, 1.165) is 5.69 Å². The fourth-order valence-electron chi connectivity index (χ4n) is 1.64. The molecule has 0 amide bonds. The highest BCUT2D eigenvalue weighted by Crippen LogP contribution is 2.17. The normalized spacial score (nSPS) is 11.5. The third kappa shape index (κ3) is 2.39. The zero-order valence-corrected chi connectivity index (χ0v) is 9.50. The number of aromatic nitrogens is 1. The number of benzene rings is 1. The van der Waals surface area contributed by atoms with Crippen molar-refractivity contribution in [2.45, 2.75) is 33.5 Å². The van der Waals surface area contributed by atoms with E-state index in [-0.39, 0.29) is 6.10 Å². The minimum absolute atomic E-state index is 0.276. The van der Waals surface area contributed by atoms with E-state index in [0.29, 0.717) is 6.61 Å². The zero-order chi connectivity index (χ0) is 10.8. The van der Waals surface area contributed by atoms with Crippen molar-refractivity contribution in [2.75, 3.05) is 0 Å². The number of fused-ring (bicyclic) bond motifs is 1. The lowest BCUT2D eigenvalue weighted by Crippen LogP contribution is -2.02. The number of nitrogens with one attached hydrogen (secondary N) is 1.